The van der Waals surface area contributed by atoms with Crippen molar-refractivity contribution in [1.82, 2.24) is 0 Å². The SMILES string of the molecule is CC(=O)CC(=O)C(F)(F)F.CC(=O)CC(=O)C(F)(F)F.[Ca]. The number of hydrogen-bond acceptors (Lipinski definition) is 4. The Labute approximate surface area is 145 Å². The van der Waals surface area contributed by atoms with Crippen LogP contribution < -0.4 is 0 Å². The van der Waals surface area contributed by atoms with E-state index in [-0.39, 0.29) is 37.7 Å². The number of Topliss-reactive ketones (excluding diaryl/α,β-unsaturated/α-hetero) is 4. The number of rotatable bonds is 4. The minimum absolute atomic E-state index is 0. The van der Waals surface area contributed by atoms with Crippen LogP contribution in [0.25, 0.3) is 0 Å². The van der Waals surface area contributed by atoms with Crippen molar-refractivity contribution in [3.8, 4) is 0 Å². The molecule has 0 amide bonds. The van der Waals surface area contributed by atoms with E-state index >= 15 is 0 Å². The zero-order chi connectivity index (χ0) is 16.7. The summed E-state index contributed by atoms with van der Waals surface area (Å²) in [5.74, 6) is -5.52. The average molecular weight is 348 g/mol. The second-order valence-corrected chi connectivity index (χ2v) is 3.60. The number of ketones is 4. The van der Waals surface area contributed by atoms with E-state index < -0.39 is 48.3 Å². The third-order valence-electron chi connectivity index (χ3n) is 1.45. The van der Waals surface area contributed by atoms with Crippen LogP contribution in [0.4, 0.5) is 26.3 Å². The summed E-state index contributed by atoms with van der Waals surface area (Å²) in [6, 6.07) is 0. The van der Waals surface area contributed by atoms with E-state index in [9.17, 15) is 45.5 Å². The fraction of sp³-hybridized carbons (Fsp3) is 0.600. The first-order valence-electron chi connectivity index (χ1n) is 4.86. The molecule has 4 nitrogen and oxygen atoms in total. The molecule has 0 rings (SSSR count). The zero-order valence-electron chi connectivity index (χ0n) is 11.0. The quantitative estimate of drug-likeness (QED) is 0.441. The molecule has 0 aromatic carbocycles. The molecule has 118 valence electrons. The van der Waals surface area contributed by atoms with Gasteiger partial charge in [-0.1, -0.05) is 0 Å². The topological polar surface area (TPSA) is 68.3 Å². The molecule has 11 heteroatoms. The molecule has 0 aliphatic carbocycles. The maximum Gasteiger partial charge on any atom is 0.450 e. The molecule has 0 saturated carbocycles. The second kappa shape index (κ2) is 10.3. The van der Waals surface area contributed by atoms with Crippen LogP contribution in [-0.2, 0) is 19.2 Å². The summed E-state index contributed by atoms with van der Waals surface area (Å²) in [6.45, 7) is 1.87. The molecule has 0 aliphatic heterocycles. The van der Waals surface area contributed by atoms with Crippen LogP contribution in [0.15, 0.2) is 0 Å². The smallest absolute Gasteiger partial charge is 0.300 e. The molecule has 0 aromatic rings. The van der Waals surface area contributed by atoms with E-state index in [1.807, 2.05) is 0 Å². The molecule has 0 fully saturated rings. The normalized spacial score (nSPS) is 10.7. The fourth-order valence-electron chi connectivity index (χ4n) is 0.653. The van der Waals surface area contributed by atoms with Gasteiger partial charge in [0.1, 0.15) is 11.6 Å². The van der Waals surface area contributed by atoms with Crippen molar-refractivity contribution in [3.05, 3.63) is 0 Å². The van der Waals surface area contributed by atoms with Crippen LogP contribution in [0.2, 0.25) is 0 Å². The Bertz CT molecular complexity index is 361. The van der Waals surface area contributed by atoms with Gasteiger partial charge in [-0.05, 0) is 13.8 Å². The zero-order valence-corrected chi connectivity index (χ0v) is 13.2. The largest absolute Gasteiger partial charge is 0.450 e. The molecule has 0 unspecified atom stereocenters. The van der Waals surface area contributed by atoms with Gasteiger partial charge in [-0.2, -0.15) is 26.3 Å². The molecule has 0 spiro atoms. The molecule has 0 saturated heterocycles. The van der Waals surface area contributed by atoms with Crippen LogP contribution in [-0.4, -0.2) is 73.2 Å². The predicted molar refractivity (Wildman–Crippen MR) is 58.5 cm³/mol. The summed E-state index contributed by atoms with van der Waals surface area (Å²) in [7, 11) is 0. The first-order valence-corrected chi connectivity index (χ1v) is 4.86. The van der Waals surface area contributed by atoms with Crippen molar-refractivity contribution in [2.24, 2.45) is 0 Å². The summed E-state index contributed by atoms with van der Waals surface area (Å²) >= 11 is 0. The minimum Gasteiger partial charge on any atom is -0.300 e. The van der Waals surface area contributed by atoms with Gasteiger partial charge in [-0.25, -0.2) is 0 Å². The summed E-state index contributed by atoms with van der Waals surface area (Å²) < 4.78 is 67.8. The van der Waals surface area contributed by atoms with E-state index in [1.165, 1.54) is 0 Å². The number of carbonyl (C=O) groups is 4. The Kier molecular flexibility index (Phi) is 12.5. The van der Waals surface area contributed by atoms with Gasteiger partial charge in [0, 0.05) is 37.7 Å². The Hall–Kier alpha value is -0.480. The van der Waals surface area contributed by atoms with E-state index in [2.05, 4.69) is 0 Å². The van der Waals surface area contributed by atoms with Crippen molar-refractivity contribution >= 4 is 60.9 Å². The molecule has 0 atom stereocenters. The molecular weight excluding hydrogens is 338 g/mol. The summed E-state index contributed by atoms with van der Waals surface area (Å²) in [5, 5.41) is 0. The van der Waals surface area contributed by atoms with E-state index in [0.29, 0.717) is 0 Å². The monoisotopic (exact) mass is 348 g/mol. The molecule has 0 bridgehead atoms. The van der Waals surface area contributed by atoms with Gasteiger partial charge in [-0.15, -0.1) is 0 Å². The Morgan fingerprint density at radius 3 is 0.905 bits per heavy atom. The number of hydrogen-bond donors (Lipinski definition) is 0. The molecule has 2 radical (unpaired) electrons. The van der Waals surface area contributed by atoms with Gasteiger partial charge in [0.15, 0.2) is 0 Å². The maximum atomic E-state index is 11.3. The predicted octanol–water partition coefficient (Wildman–Crippen LogP) is 1.81. The molecule has 0 aromatic heterocycles. The fourth-order valence-corrected chi connectivity index (χ4v) is 0.653. The van der Waals surface area contributed by atoms with Crippen LogP contribution >= 0.6 is 0 Å². The van der Waals surface area contributed by atoms with Crippen LogP contribution in [0.1, 0.15) is 26.7 Å². The molecule has 0 heterocycles. The van der Waals surface area contributed by atoms with Crippen LogP contribution in [0.3, 0.4) is 0 Å². The third-order valence-corrected chi connectivity index (χ3v) is 1.45. The van der Waals surface area contributed by atoms with Crippen molar-refractivity contribution in [3.63, 3.8) is 0 Å². The van der Waals surface area contributed by atoms with Crippen LogP contribution in [0.5, 0.6) is 0 Å². The average Bonchev–Trinajstić information content (AvgIpc) is 2.13. The van der Waals surface area contributed by atoms with Crippen molar-refractivity contribution < 1.29 is 45.5 Å². The van der Waals surface area contributed by atoms with Crippen molar-refractivity contribution in [2.45, 2.75) is 39.0 Å². The van der Waals surface area contributed by atoms with E-state index in [1.54, 1.807) is 0 Å². The Morgan fingerprint density at radius 2 is 0.857 bits per heavy atom. The maximum absolute atomic E-state index is 11.3. The molecular formula is C10H10CaF6O4. The van der Waals surface area contributed by atoms with Gasteiger partial charge in [0.05, 0.1) is 12.8 Å². The Balaban J connectivity index is -0.000000295. The third kappa shape index (κ3) is 15.7. The molecule has 0 N–H and O–H groups in total. The van der Waals surface area contributed by atoms with Gasteiger partial charge in [-0.3, -0.25) is 19.2 Å². The van der Waals surface area contributed by atoms with Gasteiger partial charge >= 0.3 is 12.4 Å². The second-order valence-electron chi connectivity index (χ2n) is 3.60. The minimum atomic E-state index is -4.87. The van der Waals surface area contributed by atoms with Crippen molar-refractivity contribution in [1.29, 1.82) is 0 Å². The van der Waals surface area contributed by atoms with E-state index in [4.69, 9.17) is 0 Å². The Morgan fingerprint density at radius 1 is 0.667 bits per heavy atom. The molecule has 0 aliphatic rings. The first kappa shape index (κ1) is 25.5. The van der Waals surface area contributed by atoms with Crippen LogP contribution in [0, 0.1) is 0 Å². The standard InChI is InChI=1S/2C5H5F3O2.Ca/c2*1-3(9)2-4(10)5(6,7)8;/h2*2H2,1H3;. The summed E-state index contributed by atoms with van der Waals surface area (Å²) in [5.41, 5.74) is 0. The first-order chi connectivity index (χ1) is 8.67. The summed E-state index contributed by atoms with van der Waals surface area (Å²) in [6.07, 6.45) is -11.8. The number of halogens is 6. The van der Waals surface area contributed by atoms with Gasteiger partial charge < -0.3 is 0 Å². The summed E-state index contributed by atoms with van der Waals surface area (Å²) in [4.78, 5) is 39.8. The number of alkyl halides is 6. The molecule has 21 heavy (non-hydrogen) atoms. The van der Waals surface area contributed by atoms with E-state index in [0.717, 1.165) is 13.8 Å². The van der Waals surface area contributed by atoms with Gasteiger partial charge in [0.25, 0.3) is 0 Å². The number of carbonyl (C=O) groups excluding carboxylic acids is 4. The van der Waals surface area contributed by atoms with Crippen molar-refractivity contribution in [2.75, 3.05) is 0 Å². The van der Waals surface area contributed by atoms with Gasteiger partial charge in [0.2, 0.25) is 11.6 Å².